The molecular weight excluding hydrogens is 333 g/mol. The van der Waals surface area contributed by atoms with Crippen molar-refractivity contribution in [3.05, 3.63) is 76.7 Å². The van der Waals surface area contributed by atoms with Gasteiger partial charge in [0, 0.05) is 10.4 Å². The van der Waals surface area contributed by atoms with Crippen LogP contribution in [0.5, 0.6) is 0 Å². The fourth-order valence-corrected chi connectivity index (χ4v) is 2.28. The van der Waals surface area contributed by atoms with Gasteiger partial charge in [-0.2, -0.15) is 0 Å². The highest BCUT2D eigenvalue weighted by Gasteiger charge is 2.14. The van der Waals surface area contributed by atoms with Gasteiger partial charge in [-0.25, -0.2) is 9.37 Å². The summed E-state index contributed by atoms with van der Waals surface area (Å²) in [5, 5.41) is 1.10. The normalized spacial score (nSPS) is 10.4. The standard InChI is InChI=1S/C17H11ClFN3O2/c18-11-6-7-13(19)12(9-11)16(23)21-22-17(24)15-8-5-10-3-1-2-4-14(10)20-15/h1-9H,(H,21,23)(H,22,24). The lowest BCUT2D eigenvalue weighted by atomic mass is 10.2. The topological polar surface area (TPSA) is 71.1 Å². The van der Waals surface area contributed by atoms with Crippen molar-refractivity contribution >= 4 is 34.3 Å². The molecule has 0 saturated heterocycles. The van der Waals surface area contributed by atoms with Crippen LogP contribution in [0.1, 0.15) is 20.8 Å². The molecular formula is C17H11ClFN3O2. The smallest absolute Gasteiger partial charge is 0.267 e. The van der Waals surface area contributed by atoms with Crippen LogP contribution in [-0.4, -0.2) is 16.8 Å². The summed E-state index contributed by atoms with van der Waals surface area (Å²) in [6.07, 6.45) is 0. The van der Waals surface area contributed by atoms with E-state index in [1.165, 1.54) is 18.2 Å². The summed E-state index contributed by atoms with van der Waals surface area (Å²) in [6, 6.07) is 14.2. The number of hydrazine groups is 1. The summed E-state index contributed by atoms with van der Waals surface area (Å²) in [5.41, 5.74) is 4.84. The van der Waals surface area contributed by atoms with E-state index in [4.69, 9.17) is 11.6 Å². The fraction of sp³-hybridized carbons (Fsp3) is 0. The number of pyridine rings is 1. The van der Waals surface area contributed by atoms with Crippen LogP contribution in [0.15, 0.2) is 54.6 Å². The summed E-state index contributed by atoms with van der Waals surface area (Å²) in [7, 11) is 0. The fourth-order valence-electron chi connectivity index (χ4n) is 2.11. The van der Waals surface area contributed by atoms with Crippen LogP contribution in [0, 0.1) is 5.82 Å². The number of para-hydroxylation sites is 1. The molecule has 7 heteroatoms. The molecule has 0 radical (unpaired) electrons. The molecule has 0 spiro atoms. The van der Waals surface area contributed by atoms with E-state index in [1.54, 1.807) is 18.2 Å². The molecule has 0 fully saturated rings. The number of rotatable bonds is 2. The Morgan fingerprint density at radius 1 is 0.958 bits per heavy atom. The van der Waals surface area contributed by atoms with Gasteiger partial charge in [0.2, 0.25) is 0 Å². The third-order valence-electron chi connectivity index (χ3n) is 3.29. The number of hydrogen-bond acceptors (Lipinski definition) is 3. The first-order valence-electron chi connectivity index (χ1n) is 6.96. The molecule has 1 heterocycles. The summed E-state index contributed by atoms with van der Waals surface area (Å²) >= 11 is 5.73. The molecule has 0 saturated carbocycles. The minimum atomic E-state index is -0.816. The summed E-state index contributed by atoms with van der Waals surface area (Å²) < 4.78 is 13.6. The first-order valence-corrected chi connectivity index (χ1v) is 7.34. The summed E-state index contributed by atoms with van der Waals surface area (Å²) in [6.45, 7) is 0. The lowest BCUT2D eigenvalue weighted by molar-refractivity contribution is 0.0842. The molecule has 0 bridgehead atoms. The maximum atomic E-state index is 13.6. The number of halogens is 2. The molecule has 0 aliphatic rings. The van der Waals surface area contributed by atoms with Gasteiger partial charge in [-0.05, 0) is 30.3 Å². The van der Waals surface area contributed by atoms with Gasteiger partial charge in [0.25, 0.3) is 11.8 Å². The Morgan fingerprint density at radius 3 is 2.54 bits per heavy atom. The first kappa shape index (κ1) is 15.9. The minimum Gasteiger partial charge on any atom is -0.267 e. The summed E-state index contributed by atoms with van der Waals surface area (Å²) in [4.78, 5) is 28.2. The van der Waals surface area contributed by atoms with Gasteiger partial charge in [-0.3, -0.25) is 20.4 Å². The van der Waals surface area contributed by atoms with Crippen molar-refractivity contribution in [3.63, 3.8) is 0 Å². The van der Waals surface area contributed by atoms with E-state index in [0.29, 0.717) is 5.52 Å². The van der Waals surface area contributed by atoms with Crippen molar-refractivity contribution in [1.82, 2.24) is 15.8 Å². The van der Waals surface area contributed by atoms with Gasteiger partial charge in [-0.1, -0.05) is 35.9 Å². The van der Waals surface area contributed by atoms with Crippen molar-refractivity contribution in [2.45, 2.75) is 0 Å². The predicted molar refractivity (Wildman–Crippen MR) is 88.1 cm³/mol. The van der Waals surface area contributed by atoms with Crippen LogP contribution in [0.3, 0.4) is 0 Å². The van der Waals surface area contributed by atoms with Gasteiger partial charge >= 0.3 is 0 Å². The van der Waals surface area contributed by atoms with Gasteiger partial charge in [0.1, 0.15) is 11.5 Å². The number of hydrogen-bond donors (Lipinski definition) is 2. The van der Waals surface area contributed by atoms with Crippen LogP contribution in [0.2, 0.25) is 5.02 Å². The van der Waals surface area contributed by atoms with Crippen molar-refractivity contribution in [2.75, 3.05) is 0 Å². The van der Waals surface area contributed by atoms with E-state index < -0.39 is 17.6 Å². The zero-order valence-electron chi connectivity index (χ0n) is 12.2. The molecule has 5 nitrogen and oxygen atoms in total. The molecule has 3 aromatic rings. The second-order valence-electron chi connectivity index (χ2n) is 4.92. The number of aromatic nitrogens is 1. The van der Waals surface area contributed by atoms with Crippen LogP contribution < -0.4 is 10.9 Å². The lowest BCUT2D eigenvalue weighted by Gasteiger charge is -2.08. The van der Waals surface area contributed by atoms with E-state index in [0.717, 1.165) is 11.5 Å². The van der Waals surface area contributed by atoms with Crippen molar-refractivity contribution in [2.24, 2.45) is 0 Å². The molecule has 0 atom stereocenters. The highest BCUT2D eigenvalue weighted by atomic mass is 35.5. The Morgan fingerprint density at radius 2 is 1.71 bits per heavy atom. The minimum absolute atomic E-state index is 0.126. The number of benzene rings is 2. The number of nitrogens with one attached hydrogen (secondary N) is 2. The molecule has 2 amide bonds. The number of fused-ring (bicyclic) bond motifs is 1. The third kappa shape index (κ3) is 3.33. The summed E-state index contributed by atoms with van der Waals surface area (Å²) in [5.74, 6) is -2.17. The third-order valence-corrected chi connectivity index (χ3v) is 3.53. The molecule has 0 aliphatic heterocycles. The molecule has 1 aromatic heterocycles. The van der Waals surface area contributed by atoms with Crippen molar-refractivity contribution in [3.8, 4) is 0 Å². The van der Waals surface area contributed by atoms with E-state index in [9.17, 15) is 14.0 Å². The van der Waals surface area contributed by atoms with Crippen LogP contribution >= 0.6 is 11.6 Å². The quantitative estimate of drug-likeness (QED) is 0.702. The maximum absolute atomic E-state index is 13.6. The Bertz CT molecular complexity index is 946. The molecule has 0 aliphatic carbocycles. The van der Waals surface area contributed by atoms with E-state index in [1.807, 2.05) is 12.1 Å². The lowest BCUT2D eigenvalue weighted by Crippen LogP contribution is -2.42. The van der Waals surface area contributed by atoms with E-state index >= 15 is 0 Å². The number of amides is 2. The monoisotopic (exact) mass is 343 g/mol. The average Bonchev–Trinajstić information content (AvgIpc) is 2.61. The molecule has 3 rings (SSSR count). The van der Waals surface area contributed by atoms with Crippen LogP contribution in [-0.2, 0) is 0 Å². The largest absolute Gasteiger partial charge is 0.288 e. The second-order valence-corrected chi connectivity index (χ2v) is 5.36. The highest BCUT2D eigenvalue weighted by Crippen LogP contribution is 2.14. The predicted octanol–water partition coefficient (Wildman–Crippen LogP) is 3.10. The van der Waals surface area contributed by atoms with Gasteiger partial charge in [0.15, 0.2) is 0 Å². The van der Waals surface area contributed by atoms with Gasteiger partial charge < -0.3 is 0 Å². The molecule has 2 aromatic carbocycles. The van der Waals surface area contributed by atoms with E-state index in [-0.39, 0.29) is 16.3 Å². The number of carbonyl (C=O) groups excluding carboxylic acids is 2. The van der Waals surface area contributed by atoms with Crippen molar-refractivity contribution < 1.29 is 14.0 Å². The zero-order chi connectivity index (χ0) is 17.1. The number of carbonyl (C=O) groups is 2. The highest BCUT2D eigenvalue weighted by molar-refractivity contribution is 6.31. The number of nitrogens with zero attached hydrogens (tertiary/aromatic N) is 1. The Labute approximate surface area is 141 Å². The Hall–Kier alpha value is -2.99. The molecule has 24 heavy (non-hydrogen) atoms. The Kier molecular flexibility index (Phi) is 4.39. The zero-order valence-corrected chi connectivity index (χ0v) is 13.0. The van der Waals surface area contributed by atoms with Crippen LogP contribution in [0.25, 0.3) is 10.9 Å². The molecule has 0 unspecified atom stereocenters. The van der Waals surface area contributed by atoms with Gasteiger partial charge in [-0.15, -0.1) is 0 Å². The first-order chi connectivity index (χ1) is 11.5. The maximum Gasteiger partial charge on any atom is 0.288 e. The second kappa shape index (κ2) is 6.64. The molecule has 120 valence electrons. The average molecular weight is 344 g/mol. The Balaban J connectivity index is 1.72. The van der Waals surface area contributed by atoms with E-state index in [2.05, 4.69) is 15.8 Å². The SMILES string of the molecule is O=C(NNC(=O)c1cc(Cl)ccc1F)c1ccc2ccccc2n1. The molecule has 2 N–H and O–H groups in total. The van der Waals surface area contributed by atoms with Gasteiger partial charge in [0.05, 0.1) is 11.1 Å². The van der Waals surface area contributed by atoms with Crippen molar-refractivity contribution in [1.29, 1.82) is 0 Å². The van der Waals surface area contributed by atoms with Crippen LogP contribution in [0.4, 0.5) is 4.39 Å².